The van der Waals surface area contributed by atoms with Crippen LogP contribution in [0.15, 0.2) is 48.6 Å². The maximum Gasteiger partial charge on any atom is 0.188 e. The van der Waals surface area contributed by atoms with Gasteiger partial charge < -0.3 is 0 Å². The maximum atomic E-state index is 12.4. The van der Waals surface area contributed by atoms with E-state index in [4.69, 9.17) is 13.7 Å². The van der Waals surface area contributed by atoms with Gasteiger partial charge in [-0.15, -0.1) is 0 Å². The molecular weight excluding hydrogens is 216 g/mol. The fourth-order valence-corrected chi connectivity index (χ4v) is 0.897. The van der Waals surface area contributed by atoms with E-state index in [1.54, 1.807) is 0 Å². The molecule has 0 N–H and O–H groups in total. The van der Waals surface area contributed by atoms with Gasteiger partial charge in [-0.2, -0.15) is 0 Å². The molecule has 0 atom stereocenters. The average molecular weight is 236 g/mol. The van der Waals surface area contributed by atoms with Crippen LogP contribution >= 0.6 is 0 Å². The molecule has 0 aliphatic carbocycles. The zero-order chi connectivity index (χ0) is 20.8. The minimum atomic E-state index is -3.43. The van der Waals surface area contributed by atoms with Crippen molar-refractivity contribution >= 4 is 11.6 Å². The summed E-state index contributed by atoms with van der Waals surface area (Å²) in [5.74, 6) is -3.37. The Hall–Kier alpha value is -2.36. The molecule has 0 fully saturated rings. The van der Waals surface area contributed by atoms with E-state index in [0.717, 1.165) is 0 Å². The highest BCUT2D eigenvalue weighted by Crippen LogP contribution is 2.04. The minimum absolute atomic E-state index is 0.748. The van der Waals surface area contributed by atoms with E-state index in [1.165, 1.54) is 0 Å². The molecule has 0 spiro atoms. The monoisotopic (exact) mass is 236 g/mol. The summed E-state index contributed by atoms with van der Waals surface area (Å²) >= 11 is 0. The molecule has 2 aromatic heterocycles. The van der Waals surface area contributed by atoms with Crippen molar-refractivity contribution in [1.29, 1.82) is 0 Å². The summed E-state index contributed by atoms with van der Waals surface area (Å²) in [6, 6.07) is -5.08. The molecule has 4 heteroatoms. The third-order valence-corrected chi connectivity index (χ3v) is 1.59. The summed E-state index contributed by atoms with van der Waals surface area (Å²) < 4.78 is 75.4. The van der Waals surface area contributed by atoms with Crippen LogP contribution in [0.3, 0.4) is 0 Å². The lowest BCUT2D eigenvalue weighted by atomic mass is 10.1. The topological polar surface area (TPSA) is 59.9 Å². The fourth-order valence-electron chi connectivity index (χ4n) is 0.897. The zero-order valence-corrected chi connectivity index (χ0v) is 8.21. The summed E-state index contributed by atoms with van der Waals surface area (Å²) in [6.07, 6.45) is -5.15. The average Bonchev–Trinajstić information content (AvgIpc) is 2.62. The van der Waals surface area contributed by atoms with Crippen molar-refractivity contribution in [3.8, 4) is 0 Å². The lowest BCUT2D eigenvalue weighted by Crippen LogP contribution is -2.10. The van der Waals surface area contributed by atoms with Crippen LogP contribution in [0.4, 0.5) is 0 Å². The number of nitrogens with zero attached hydrogens (tertiary/aromatic N) is 2. The zero-order valence-electron chi connectivity index (χ0n) is 18.2. The van der Waals surface area contributed by atoms with Crippen molar-refractivity contribution in [1.82, 2.24) is 9.97 Å². The molecule has 0 saturated carbocycles. The first kappa shape index (κ1) is 4.14. The summed E-state index contributed by atoms with van der Waals surface area (Å²) in [4.78, 5) is 31.5. The Labute approximate surface area is 112 Å². The molecular formula is C13H10N2O2. The number of hydrogen-bond acceptors (Lipinski definition) is 4. The van der Waals surface area contributed by atoms with Crippen LogP contribution in [0.1, 0.15) is 41.1 Å². The number of carbonyl (C=O) groups is 2. The van der Waals surface area contributed by atoms with Gasteiger partial charge in [-0.3, -0.25) is 19.6 Å². The molecule has 17 heavy (non-hydrogen) atoms. The van der Waals surface area contributed by atoms with E-state index in [0.29, 0.717) is 0 Å². The Morgan fingerprint density at radius 1 is 1.00 bits per heavy atom. The second-order valence-electron chi connectivity index (χ2n) is 2.68. The number of rotatable bonds is 4. The van der Waals surface area contributed by atoms with Gasteiger partial charge >= 0.3 is 0 Å². The predicted molar refractivity (Wildman–Crippen MR) is 61.8 cm³/mol. The number of ketones is 2. The maximum absolute atomic E-state index is 12.4. The molecule has 0 aromatic carbocycles. The second kappa shape index (κ2) is 5.12. The molecule has 0 aliphatic rings. The van der Waals surface area contributed by atoms with E-state index in [1.807, 2.05) is 0 Å². The Morgan fingerprint density at radius 3 is 1.94 bits per heavy atom. The molecule has 2 heterocycles. The van der Waals surface area contributed by atoms with E-state index in [-0.39, 0.29) is 0 Å². The standard InChI is InChI=1S/C13H10N2O2/c16-12(10-5-1-3-7-14-10)9-13(17)11-6-2-4-8-15-11/h1-8H,9H2/i1D,2D,3D,4D,5D,6D,7D,8D,9D2. The normalized spacial score (nSPS) is 19.1. The quantitative estimate of drug-likeness (QED) is 0.601. The van der Waals surface area contributed by atoms with Crippen molar-refractivity contribution in [2.75, 3.05) is 0 Å². The Balaban J connectivity index is 2.60. The molecule has 0 bridgehead atoms. The highest BCUT2D eigenvalue weighted by atomic mass is 16.1. The summed E-state index contributed by atoms with van der Waals surface area (Å²) in [5.41, 5.74) is -2.03. The van der Waals surface area contributed by atoms with Gasteiger partial charge in [0.1, 0.15) is 11.4 Å². The van der Waals surface area contributed by atoms with Crippen molar-refractivity contribution in [2.24, 2.45) is 0 Å². The first-order valence-electron chi connectivity index (χ1n) is 9.30. The van der Waals surface area contributed by atoms with Gasteiger partial charge in [0.2, 0.25) is 0 Å². The van der Waals surface area contributed by atoms with Crippen LogP contribution in [0, 0.1) is 0 Å². The van der Waals surface area contributed by atoms with Crippen LogP contribution < -0.4 is 0 Å². The Morgan fingerprint density at radius 2 is 1.47 bits per heavy atom. The smallest absolute Gasteiger partial charge is 0.188 e. The predicted octanol–water partition coefficient (Wildman–Crippen LogP) is 1.93. The number of aromatic nitrogens is 2. The van der Waals surface area contributed by atoms with Gasteiger partial charge in [0, 0.05) is 15.1 Å². The number of carbonyl (C=O) groups excluding carboxylic acids is 2. The third-order valence-electron chi connectivity index (χ3n) is 1.59. The number of hydrogen-bond donors (Lipinski definition) is 0. The Kier molecular flexibility index (Phi) is 1.25. The van der Waals surface area contributed by atoms with Gasteiger partial charge in [-0.25, -0.2) is 0 Å². The molecule has 0 unspecified atom stereocenters. The van der Waals surface area contributed by atoms with Crippen LogP contribution in [0.25, 0.3) is 0 Å². The van der Waals surface area contributed by atoms with Gasteiger partial charge in [0.15, 0.2) is 11.6 Å². The van der Waals surface area contributed by atoms with Crippen molar-refractivity contribution in [3.05, 3.63) is 60.0 Å². The highest BCUT2D eigenvalue weighted by Gasteiger charge is 2.14. The van der Waals surface area contributed by atoms with Gasteiger partial charge in [-0.05, 0) is 24.2 Å². The van der Waals surface area contributed by atoms with Crippen LogP contribution in [0.2, 0.25) is 0 Å². The van der Waals surface area contributed by atoms with E-state index in [2.05, 4.69) is 9.97 Å². The summed E-state index contributed by atoms with van der Waals surface area (Å²) in [5, 5.41) is 0. The Bertz CT molecular complexity index is 915. The van der Waals surface area contributed by atoms with Gasteiger partial charge in [0.25, 0.3) is 0 Å². The fraction of sp³-hybridized carbons (Fsp3) is 0.0769. The van der Waals surface area contributed by atoms with Crippen LogP contribution in [0.5, 0.6) is 0 Å². The van der Waals surface area contributed by atoms with E-state index < -0.39 is 77.9 Å². The third kappa shape index (κ3) is 2.81. The number of Topliss-reactive ketones (excluding diaryl/α,β-unsaturated/α-hetero) is 2. The largest absolute Gasteiger partial charge is 0.292 e. The van der Waals surface area contributed by atoms with Gasteiger partial charge in [-0.1, -0.05) is 12.1 Å². The van der Waals surface area contributed by atoms with E-state index in [9.17, 15) is 9.59 Å². The molecule has 2 aromatic rings. The first-order valence-corrected chi connectivity index (χ1v) is 4.30. The van der Waals surface area contributed by atoms with Crippen molar-refractivity contribution in [3.63, 3.8) is 0 Å². The molecule has 0 radical (unpaired) electrons. The molecule has 0 aliphatic heterocycles. The molecule has 0 saturated heterocycles. The SMILES string of the molecule is [2H]c1nc(C(=O)C([2H])([2H])C(=O)c2nc([2H])c([2H])c([2H])c2[2H])c([2H])c([2H])c1[2H]. The summed E-state index contributed by atoms with van der Waals surface area (Å²) in [7, 11) is 0. The molecule has 2 rings (SSSR count). The summed E-state index contributed by atoms with van der Waals surface area (Å²) in [6.45, 7) is 0. The lowest BCUT2D eigenvalue weighted by Gasteiger charge is -1.99. The molecule has 84 valence electrons. The minimum Gasteiger partial charge on any atom is -0.292 e. The van der Waals surface area contributed by atoms with Crippen LogP contribution in [-0.4, -0.2) is 21.5 Å². The highest BCUT2D eigenvalue weighted by molar-refractivity contribution is 6.12. The lowest BCUT2D eigenvalue weighted by molar-refractivity contribution is 0.0888. The molecule has 4 nitrogen and oxygen atoms in total. The molecule has 0 amide bonds. The number of pyridine rings is 2. The van der Waals surface area contributed by atoms with E-state index >= 15 is 0 Å². The van der Waals surface area contributed by atoms with Crippen molar-refractivity contribution < 1.29 is 23.3 Å². The van der Waals surface area contributed by atoms with Crippen molar-refractivity contribution in [2.45, 2.75) is 6.37 Å². The first-order chi connectivity index (χ1) is 12.3. The second-order valence-corrected chi connectivity index (χ2v) is 2.68. The van der Waals surface area contributed by atoms with Gasteiger partial charge in [0.05, 0.1) is 17.3 Å². The van der Waals surface area contributed by atoms with Crippen LogP contribution in [-0.2, 0) is 0 Å².